The number of carbonyl (C=O) groups excluding carboxylic acids is 1. The molecule has 32 heavy (non-hydrogen) atoms. The van der Waals surface area contributed by atoms with E-state index < -0.39 is 0 Å². The average molecular weight is 464 g/mol. The Balaban J connectivity index is 0.000000629. The molecule has 0 atom stereocenters. The van der Waals surface area contributed by atoms with Gasteiger partial charge in [-0.2, -0.15) is 12.6 Å². The predicted octanol–water partition coefficient (Wildman–Crippen LogP) is 7.59. The number of carbonyl (C=O) groups is 1. The quantitative estimate of drug-likeness (QED) is 0.323. The van der Waals surface area contributed by atoms with Crippen LogP contribution in [0.4, 0.5) is 4.39 Å². The standard InChI is InChI=1S/C21H28FNO2.C4H8S.C2H6/c1-4-17(14(3)22)18(5-2)19-12-15(13-21(23)24)10-11-20(19)25-16-8-6-7-9-16;1-4(5)2-3-4;1-2/h5,10-12,16H,4,6-9,13H2,1-3H3,(H2,23,24);5H,2-3H2,1H3;1-2H3/b17-14+,18-5+;;. The molecule has 3 nitrogen and oxygen atoms in total. The van der Waals surface area contributed by atoms with Crippen LogP contribution in [0.5, 0.6) is 5.75 Å². The number of thiol groups is 1. The van der Waals surface area contributed by atoms with E-state index in [1.54, 1.807) is 0 Å². The Bertz CT molecular complexity index is 798. The highest BCUT2D eigenvalue weighted by atomic mass is 32.1. The highest BCUT2D eigenvalue weighted by Gasteiger charge is 2.32. The zero-order valence-corrected chi connectivity index (χ0v) is 21.7. The highest BCUT2D eigenvalue weighted by Crippen LogP contribution is 2.40. The van der Waals surface area contributed by atoms with Crippen molar-refractivity contribution in [2.75, 3.05) is 0 Å². The summed E-state index contributed by atoms with van der Waals surface area (Å²) in [7, 11) is 0. The molecule has 0 radical (unpaired) electrons. The van der Waals surface area contributed by atoms with Gasteiger partial charge in [-0.1, -0.05) is 39.8 Å². The maximum atomic E-state index is 14.1. The molecule has 0 aromatic heterocycles. The van der Waals surface area contributed by atoms with Crippen LogP contribution in [0.15, 0.2) is 35.7 Å². The van der Waals surface area contributed by atoms with E-state index >= 15 is 0 Å². The molecule has 0 saturated heterocycles. The van der Waals surface area contributed by atoms with Crippen LogP contribution in [0.1, 0.15) is 97.6 Å². The van der Waals surface area contributed by atoms with Crippen molar-refractivity contribution < 1.29 is 13.9 Å². The van der Waals surface area contributed by atoms with E-state index in [2.05, 4.69) is 19.6 Å². The molecular formula is C27H42FNO2S. The molecule has 0 heterocycles. The van der Waals surface area contributed by atoms with Gasteiger partial charge in [0.1, 0.15) is 11.6 Å². The fourth-order valence-electron chi connectivity index (χ4n) is 3.68. The molecule has 2 N–H and O–H groups in total. The molecule has 1 aromatic carbocycles. The number of hydrogen-bond acceptors (Lipinski definition) is 3. The summed E-state index contributed by atoms with van der Waals surface area (Å²) in [5.74, 6) is 0.175. The highest BCUT2D eigenvalue weighted by molar-refractivity contribution is 7.82. The molecule has 2 aliphatic rings. The van der Waals surface area contributed by atoms with Crippen LogP contribution in [-0.2, 0) is 11.2 Å². The molecule has 3 rings (SSSR count). The first-order valence-corrected chi connectivity index (χ1v) is 12.4. The molecule has 0 bridgehead atoms. The van der Waals surface area contributed by atoms with Crippen molar-refractivity contribution in [2.24, 2.45) is 5.73 Å². The van der Waals surface area contributed by atoms with E-state index in [0.29, 0.717) is 16.7 Å². The summed E-state index contributed by atoms with van der Waals surface area (Å²) in [6.45, 7) is 11.5. The summed E-state index contributed by atoms with van der Waals surface area (Å²) in [5.41, 5.74) is 8.46. The van der Waals surface area contributed by atoms with Crippen molar-refractivity contribution in [3.8, 4) is 5.75 Å². The number of rotatable bonds is 7. The van der Waals surface area contributed by atoms with Crippen LogP contribution in [0.2, 0.25) is 0 Å². The Hall–Kier alpha value is -1.75. The van der Waals surface area contributed by atoms with Gasteiger partial charge in [-0.3, -0.25) is 4.79 Å². The lowest BCUT2D eigenvalue weighted by atomic mass is 9.92. The monoisotopic (exact) mass is 463 g/mol. The van der Waals surface area contributed by atoms with Gasteiger partial charge in [0.05, 0.1) is 12.5 Å². The molecule has 0 aliphatic heterocycles. The van der Waals surface area contributed by atoms with Crippen molar-refractivity contribution in [3.05, 3.63) is 46.8 Å². The molecule has 2 fully saturated rings. The molecule has 180 valence electrons. The Kier molecular flexibility index (Phi) is 12.1. The largest absolute Gasteiger partial charge is 0.490 e. The summed E-state index contributed by atoms with van der Waals surface area (Å²) in [6, 6.07) is 5.66. The molecule has 1 amide bonds. The number of ether oxygens (including phenoxy) is 1. The minimum absolute atomic E-state index is 0.160. The minimum atomic E-state index is -0.384. The maximum Gasteiger partial charge on any atom is 0.221 e. The van der Waals surface area contributed by atoms with E-state index in [-0.39, 0.29) is 24.3 Å². The lowest BCUT2D eigenvalue weighted by molar-refractivity contribution is -0.117. The lowest BCUT2D eigenvalue weighted by Gasteiger charge is -2.20. The molecule has 2 saturated carbocycles. The van der Waals surface area contributed by atoms with Gasteiger partial charge < -0.3 is 10.5 Å². The number of halogens is 1. The Morgan fingerprint density at radius 3 is 2.25 bits per heavy atom. The summed E-state index contributed by atoms with van der Waals surface area (Å²) in [4.78, 5) is 11.3. The molecule has 5 heteroatoms. The normalized spacial score (nSPS) is 17.9. The van der Waals surface area contributed by atoms with E-state index in [4.69, 9.17) is 10.5 Å². The second-order valence-corrected chi connectivity index (χ2v) is 9.64. The summed E-state index contributed by atoms with van der Waals surface area (Å²) in [6.07, 6.45) is 9.95. The molecule has 1 aromatic rings. The van der Waals surface area contributed by atoms with Crippen molar-refractivity contribution in [2.45, 2.75) is 104 Å². The third-order valence-electron chi connectivity index (χ3n) is 5.67. The maximum absolute atomic E-state index is 14.1. The predicted molar refractivity (Wildman–Crippen MR) is 138 cm³/mol. The number of hydrogen-bond donors (Lipinski definition) is 2. The number of amides is 1. The lowest BCUT2D eigenvalue weighted by Crippen LogP contribution is -2.15. The summed E-state index contributed by atoms with van der Waals surface area (Å²) in [5, 5.41) is 0. The van der Waals surface area contributed by atoms with Crippen LogP contribution < -0.4 is 10.5 Å². The molecular weight excluding hydrogens is 421 g/mol. The summed E-state index contributed by atoms with van der Waals surface area (Å²) < 4.78 is 20.7. The molecule has 2 aliphatic carbocycles. The fourth-order valence-corrected chi connectivity index (χ4v) is 3.79. The van der Waals surface area contributed by atoms with Gasteiger partial charge in [0, 0.05) is 10.3 Å². The summed E-state index contributed by atoms with van der Waals surface area (Å²) >= 11 is 4.23. The Labute approximate surface area is 200 Å². The number of allylic oxidation sites excluding steroid dienone is 4. The third-order valence-corrected chi connectivity index (χ3v) is 6.11. The van der Waals surface area contributed by atoms with Crippen molar-refractivity contribution in [3.63, 3.8) is 0 Å². The SMILES string of the molecule is C/C=C(\C(CC)=C(/C)F)c1cc(CC(N)=O)ccc1OC1CCCC1.CC.CC1(S)CC1. The third kappa shape index (κ3) is 9.40. The topological polar surface area (TPSA) is 52.3 Å². The van der Waals surface area contributed by atoms with E-state index in [0.717, 1.165) is 35.3 Å². The first-order chi connectivity index (χ1) is 15.2. The zero-order valence-electron chi connectivity index (χ0n) is 20.8. The van der Waals surface area contributed by atoms with Crippen molar-refractivity contribution in [1.82, 2.24) is 0 Å². The van der Waals surface area contributed by atoms with Gasteiger partial charge in [0.15, 0.2) is 0 Å². The van der Waals surface area contributed by atoms with Gasteiger partial charge in [-0.05, 0) is 87.6 Å². The second-order valence-electron chi connectivity index (χ2n) is 8.56. The van der Waals surface area contributed by atoms with Crippen LogP contribution in [0.25, 0.3) is 5.57 Å². The van der Waals surface area contributed by atoms with Gasteiger partial charge in [0.25, 0.3) is 0 Å². The van der Waals surface area contributed by atoms with Gasteiger partial charge in [-0.25, -0.2) is 4.39 Å². The van der Waals surface area contributed by atoms with Gasteiger partial charge in [-0.15, -0.1) is 0 Å². The Morgan fingerprint density at radius 2 is 1.84 bits per heavy atom. The van der Waals surface area contributed by atoms with Crippen LogP contribution in [-0.4, -0.2) is 16.8 Å². The average Bonchev–Trinajstić information content (AvgIpc) is 3.21. The number of primary amides is 1. The van der Waals surface area contributed by atoms with Gasteiger partial charge in [0.2, 0.25) is 5.91 Å². The molecule has 0 spiro atoms. The van der Waals surface area contributed by atoms with Gasteiger partial charge >= 0.3 is 0 Å². The van der Waals surface area contributed by atoms with E-state index in [9.17, 15) is 9.18 Å². The minimum Gasteiger partial charge on any atom is -0.490 e. The second kappa shape index (κ2) is 13.7. The first kappa shape index (κ1) is 28.3. The van der Waals surface area contributed by atoms with E-state index in [1.807, 2.05) is 52.0 Å². The van der Waals surface area contributed by atoms with Crippen LogP contribution in [0, 0.1) is 0 Å². The van der Waals surface area contributed by atoms with Crippen LogP contribution >= 0.6 is 12.6 Å². The molecule has 0 unspecified atom stereocenters. The smallest absolute Gasteiger partial charge is 0.221 e. The van der Waals surface area contributed by atoms with E-state index in [1.165, 1.54) is 32.6 Å². The van der Waals surface area contributed by atoms with Crippen molar-refractivity contribution >= 4 is 24.1 Å². The fraction of sp³-hybridized carbons (Fsp3) is 0.593. The number of nitrogens with two attached hydrogens (primary N) is 1. The Morgan fingerprint density at radius 1 is 1.28 bits per heavy atom. The first-order valence-electron chi connectivity index (χ1n) is 12.0. The van der Waals surface area contributed by atoms with Crippen molar-refractivity contribution in [1.29, 1.82) is 0 Å². The van der Waals surface area contributed by atoms with Crippen LogP contribution in [0.3, 0.4) is 0 Å². The zero-order chi connectivity index (χ0) is 24.3. The number of benzene rings is 1.